The van der Waals surface area contributed by atoms with Gasteiger partial charge in [0.05, 0.1) is 6.26 Å². The Morgan fingerprint density at radius 1 is 1.83 bits per heavy atom. The Balaban J connectivity index is 0. The maximum Gasteiger partial charge on any atom is 1.00 e. The number of allylic oxidation sites excluding steroid dienone is 1. The van der Waals surface area contributed by atoms with E-state index in [2.05, 4.69) is 0 Å². The standard InChI is InChI=1S/C3H6O2.Na/c1-3(5)2-4;/h2,4-5H,1H3;/q;+1/p-1/b3-2+;. The Morgan fingerprint density at radius 3 is 2.00 bits per heavy atom. The summed E-state index contributed by atoms with van der Waals surface area (Å²) in [7, 11) is 0. The first-order chi connectivity index (χ1) is 2.27. The SMILES string of the molecule is C/C([O-])=C\O.[Na+]. The van der Waals surface area contributed by atoms with Crippen molar-refractivity contribution in [2.75, 3.05) is 0 Å². The Morgan fingerprint density at radius 2 is 2.00 bits per heavy atom. The second-order valence-electron chi connectivity index (χ2n) is 0.740. The van der Waals surface area contributed by atoms with Crippen LogP contribution < -0.4 is 34.7 Å². The van der Waals surface area contributed by atoms with E-state index in [0.717, 1.165) is 0 Å². The molecule has 0 aromatic heterocycles. The normalized spacial score (nSPS) is 9.83. The number of hydrogen-bond acceptors (Lipinski definition) is 2. The van der Waals surface area contributed by atoms with Crippen molar-refractivity contribution in [2.24, 2.45) is 0 Å². The van der Waals surface area contributed by atoms with Crippen molar-refractivity contribution >= 4 is 0 Å². The van der Waals surface area contributed by atoms with E-state index in [1.54, 1.807) is 0 Å². The smallest absolute Gasteiger partial charge is 0.874 e. The topological polar surface area (TPSA) is 43.3 Å². The first-order valence-electron chi connectivity index (χ1n) is 1.25. The van der Waals surface area contributed by atoms with Gasteiger partial charge in [-0.25, -0.2) is 0 Å². The average molecular weight is 96.1 g/mol. The molecule has 0 saturated carbocycles. The zero-order chi connectivity index (χ0) is 4.28. The summed E-state index contributed by atoms with van der Waals surface area (Å²) in [6.45, 7) is 1.28. The summed E-state index contributed by atoms with van der Waals surface area (Å²) in [5.74, 6) is -0.315. The van der Waals surface area contributed by atoms with Gasteiger partial charge in [-0.1, -0.05) is 6.92 Å². The number of aliphatic hydroxyl groups excluding tert-OH is 1. The van der Waals surface area contributed by atoms with E-state index in [9.17, 15) is 5.11 Å². The van der Waals surface area contributed by atoms with Crippen LogP contribution in [0.5, 0.6) is 0 Å². The van der Waals surface area contributed by atoms with Crippen molar-refractivity contribution in [3.8, 4) is 0 Å². The number of hydrogen-bond donors (Lipinski definition) is 1. The molecule has 0 spiro atoms. The van der Waals surface area contributed by atoms with Gasteiger partial charge in [0.1, 0.15) is 0 Å². The van der Waals surface area contributed by atoms with Crippen LogP contribution in [0.4, 0.5) is 0 Å². The summed E-state index contributed by atoms with van der Waals surface area (Å²) in [5.41, 5.74) is 0. The molecule has 2 nitrogen and oxygen atoms in total. The molecule has 0 unspecified atom stereocenters. The van der Waals surface area contributed by atoms with Crippen LogP contribution in [0, 0.1) is 0 Å². The fourth-order valence-corrected chi connectivity index (χ4v) is 0. The summed E-state index contributed by atoms with van der Waals surface area (Å²) < 4.78 is 0. The van der Waals surface area contributed by atoms with Gasteiger partial charge in [-0.15, -0.1) is 5.76 Å². The van der Waals surface area contributed by atoms with Gasteiger partial charge in [0.25, 0.3) is 0 Å². The van der Waals surface area contributed by atoms with Crippen LogP contribution in [0.1, 0.15) is 6.92 Å². The van der Waals surface area contributed by atoms with E-state index in [4.69, 9.17) is 5.11 Å². The average Bonchev–Trinajstić information content (AvgIpc) is 1.38. The first-order valence-corrected chi connectivity index (χ1v) is 1.25. The molecule has 1 N–H and O–H groups in total. The summed E-state index contributed by atoms with van der Waals surface area (Å²) in [4.78, 5) is 0. The van der Waals surface area contributed by atoms with Gasteiger partial charge in [0.15, 0.2) is 0 Å². The van der Waals surface area contributed by atoms with Crippen molar-refractivity contribution < 1.29 is 39.8 Å². The third-order valence-corrected chi connectivity index (χ3v) is 0.182. The van der Waals surface area contributed by atoms with E-state index in [0.29, 0.717) is 6.26 Å². The minimum absolute atomic E-state index is 0. The predicted molar refractivity (Wildman–Crippen MR) is 16.4 cm³/mol. The molecule has 0 amide bonds. The van der Waals surface area contributed by atoms with Gasteiger partial charge in [0, 0.05) is 0 Å². The quantitative estimate of drug-likeness (QED) is 0.254. The third-order valence-electron chi connectivity index (χ3n) is 0.182. The molecule has 0 heterocycles. The molecule has 0 bridgehead atoms. The molecule has 0 aromatic rings. The second kappa shape index (κ2) is 5.34. The number of aliphatic hydroxyl groups is 1. The molecule has 3 heteroatoms. The minimum Gasteiger partial charge on any atom is -0.874 e. The zero-order valence-electron chi connectivity index (χ0n) is 3.93. The van der Waals surface area contributed by atoms with Crippen molar-refractivity contribution in [3.63, 3.8) is 0 Å². The molecule has 0 atom stereocenters. The van der Waals surface area contributed by atoms with Crippen molar-refractivity contribution in [1.82, 2.24) is 0 Å². The Labute approximate surface area is 58.8 Å². The van der Waals surface area contributed by atoms with Gasteiger partial charge in [-0.3, -0.25) is 0 Å². The van der Waals surface area contributed by atoms with E-state index >= 15 is 0 Å². The van der Waals surface area contributed by atoms with Crippen LogP contribution >= 0.6 is 0 Å². The Kier molecular flexibility index (Phi) is 8.54. The summed E-state index contributed by atoms with van der Waals surface area (Å²) in [6.07, 6.45) is 0.528. The maximum atomic E-state index is 9.51. The van der Waals surface area contributed by atoms with Crippen molar-refractivity contribution in [3.05, 3.63) is 12.0 Å². The van der Waals surface area contributed by atoms with Gasteiger partial charge >= 0.3 is 29.6 Å². The molecule has 0 fully saturated rings. The first kappa shape index (κ1) is 9.60. The van der Waals surface area contributed by atoms with Crippen molar-refractivity contribution in [1.29, 1.82) is 0 Å². The van der Waals surface area contributed by atoms with Crippen LogP contribution in [0.15, 0.2) is 12.0 Å². The molecule has 6 heavy (non-hydrogen) atoms. The monoisotopic (exact) mass is 96.0 g/mol. The fraction of sp³-hybridized carbons (Fsp3) is 0.333. The molecular formula is C3H5NaO2. The van der Waals surface area contributed by atoms with Crippen LogP contribution in [0.3, 0.4) is 0 Å². The largest absolute Gasteiger partial charge is 1.00 e. The molecule has 0 aliphatic carbocycles. The van der Waals surface area contributed by atoms with E-state index in [1.165, 1.54) is 6.92 Å². The molecule has 0 saturated heterocycles. The summed E-state index contributed by atoms with van der Waals surface area (Å²) in [6, 6.07) is 0. The molecule has 0 aliphatic heterocycles. The molecule has 0 aliphatic rings. The Bertz CT molecular complexity index is 46.8. The van der Waals surface area contributed by atoms with Crippen molar-refractivity contribution in [2.45, 2.75) is 6.92 Å². The van der Waals surface area contributed by atoms with E-state index in [-0.39, 0.29) is 35.3 Å². The van der Waals surface area contributed by atoms with Crippen LogP contribution in [0.25, 0.3) is 0 Å². The zero-order valence-corrected chi connectivity index (χ0v) is 5.93. The second-order valence-corrected chi connectivity index (χ2v) is 0.740. The number of rotatable bonds is 0. The van der Waals surface area contributed by atoms with E-state index in [1.807, 2.05) is 0 Å². The summed E-state index contributed by atoms with van der Waals surface area (Å²) in [5, 5.41) is 17.2. The molecule has 0 rings (SSSR count). The predicted octanol–water partition coefficient (Wildman–Crippen LogP) is -3.23. The fourth-order valence-electron chi connectivity index (χ4n) is 0. The van der Waals surface area contributed by atoms with Gasteiger partial charge in [0.2, 0.25) is 0 Å². The van der Waals surface area contributed by atoms with Crippen LogP contribution in [-0.4, -0.2) is 5.11 Å². The maximum absolute atomic E-state index is 9.51. The molecule has 0 radical (unpaired) electrons. The summed E-state index contributed by atoms with van der Waals surface area (Å²) >= 11 is 0. The van der Waals surface area contributed by atoms with Gasteiger partial charge in [-0.05, 0) is 0 Å². The van der Waals surface area contributed by atoms with Crippen LogP contribution in [-0.2, 0) is 0 Å². The third kappa shape index (κ3) is 8.84. The van der Waals surface area contributed by atoms with Gasteiger partial charge in [-0.2, -0.15) is 0 Å². The minimum atomic E-state index is -0.315. The molecular weight excluding hydrogens is 91.0 g/mol. The van der Waals surface area contributed by atoms with Gasteiger partial charge < -0.3 is 10.2 Å². The Hall–Kier alpha value is 0.340. The van der Waals surface area contributed by atoms with Crippen LogP contribution in [0.2, 0.25) is 0 Å². The molecule has 30 valence electrons. The molecule has 0 aromatic carbocycles. The van der Waals surface area contributed by atoms with E-state index < -0.39 is 0 Å².